The molecule has 2 aromatic rings. The van der Waals surface area contributed by atoms with E-state index in [9.17, 15) is 13.2 Å². The topological polar surface area (TPSA) is 70.0 Å². The molecule has 10 heteroatoms. The smallest absolute Gasteiger partial charge is 0.416 e. The number of alkyl halides is 3. The van der Waals surface area contributed by atoms with E-state index in [1.165, 1.54) is 18.3 Å². The number of hydrogen-bond donors (Lipinski definition) is 2. The van der Waals surface area contributed by atoms with E-state index in [4.69, 9.17) is 10.2 Å². The second kappa shape index (κ2) is 8.61. The Hall–Kier alpha value is -2.59. The van der Waals surface area contributed by atoms with Gasteiger partial charge < -0.3 is 15.1 Å². The van der Waals surface area contributed by atoms with E-state index in [0.717, 1.165) is 24.9 Å². The molecule has 0 saturated carbocycles. The summed E-state index contributed by atoms with van der Waals surface area (Å²) in [5.74, 6) is 1.35. The van der Waals surface area contributed by atoms with Crippen LogP contribution in [0.1, 0.15) is 17.1 Å². The van der Waals surface area contributed by atoms with Crippen LogP contribution in [0.4, 0.5) is 18.9 Å². The summed E-state index contributed by atoms with van der Waals surface area (Å²) in [6.07, 6.45) is -2.85. The zero-order chi connectivity index (χ0) is 20.1. The van der Waals surface area contributed by atoms with E-state index in [0.29, 0.717) is 31.1 Å². The standard InChI is InChI=1S/C18H20F3N5OS/c19-18(20,21)13-2-1-3-14(10-13)26-8-6-25(7-9-26)12-16-5-4-15(27-16)11-23-24-17(22)28/h1-5,10-11H,6-9,12H2,(H3,22,24,28)/b23-11+. The fourth-order valence-corrected chi connectivity index (χ4v) is 3.02. The Bertz CT molecular complexity index is 844. The minimum atomic E-state index is -4.33. The summed E-state index contributed by atoms with van der Waals surface area (Å²) in [6.45, 7) is 3.36. The maximum Gasteiger partial charge on any atom is 0.416 e. The zero-order valence-electron chi connectivity index (χ0n) is 14.9. The van der Waals surface area contributed by atoms with Crippen molar-refractivity contribution in [3.63, 3.8) is 0 Å². The van der Waals surface area contributed by atoms with Gasteiger partial charge in [0.05, 0.1) is 18.3 Å². The molecule has 1 aliphatic heterocycles. The fourth-order valence-electron chi connectivity index (χ4n) is 2.97. The van der Waals surface area contributed by atoms with Crippen molar-refractivity contribution in [1.29, 1.82) is 0 Å². The Balaban J connectivity index is 1.53. The molecule has 1 fully saturated rings. The maximum atomic E-state index is 12.9. The van der Waals surface area contributed by atoms with Crippen LogP contribution < -0.4 is 16.1 Å². The van der Waals surface area contributed by atoms with Gasteiger partial charge in [-0.3, -0.25) is 10.3 Å². The van der Waals surface area contributed by atoms with Crippen molar-refractivity contribution in [1.82, 2.24) is 10.3 Å². The Kier molecular flexibility index (Phi) is 6.20. The Morgan fingerprint density at radius 3 is 2.64 bits per heavy atom. The van der Waals surface area contributed by atoms with Crippen LogP contribution in [0.2, 0.25) is 0 Å². The van der Waals surface area contributed by atoms with Gasteiger partial charge in [-0.15, -0.1) is 0 Å². The van der Waals surface area contributed by atoms with Crippen LogP contribution in [0.3, 0.4) is 0 Å². The first-order valence-corrected chi connectivity index (χ1v) is 9.04. The van der Waals surface area contributed by atoms with Crippen molar-refractivity contribution in [3.05, 3.63) is 53.5 Å². The highest BCUT2D eigenvalue weighted by molar-refractivity contribution is 7.80. The van der Waals surface area contributed by atoms with Crippen LogP contribution in [-0.2, 0) is 12.7 Å². The molecule has 0 aliphatic carbocycles. The van der Waals surface area contributed by atoms with E-state index in [-0.39, 0.29) is 5.11 Å². The number of halogens is 3. The number of benzene rings is 1. The van der Waals surface area contributed by atoms with E-state index in [1.807, 2.05) is 11.0 Å². The van der Waals surface area contributed by atoms with E-state index in [2.05, 4.69) is 27.6 Å². The predicted octanol–water partition coefficient (Wildman–Crippen LogP) is 2.79. The predicted molar refractivity (Wildman–Crippen MR) is 105 cm³/mol. The molecule has 2 heterocycles. The largest absolute Gasteiger partial charge is 0.459 e. The number of hydrazone groups is 1. The molecule has 0 unspecified atom stereocenters. The summed E-state index contributed by atoms with van der Waals surface area (Å²) in [5, 5.41) is 3.90. The van der Waals surface area contributed by atoms with Crippen molar-refractivity contribution >= 4 is 29.2 Å². The Morgan fingerprint density at radius 1 is 1.21 bits per heavy atom. The molecule has 0 radical (unpaired) electrons. The van der Waals surface area contributed by atoms with Crippen molar-refractivity contribution < 1.29 is 17.6 Å². The van der Waals surface area contributed by atoms with Crippen molar-refractivity contribution in [2.75, 3.05) is 31.1 Å². The highest BCUT2D eigenvalue weighted by Crippen LogP contribution is 2.31. The first-order valence-electron chi connectivity index (χ1n) is 8.63. The molecule has 3 rings (SSSR count). The molecule has 0 atom stereocenters. The fraction of sp³-hybridized carbons (Fsp3) is 0.333. The van der Waals surface area contributed by atoms with Crippen molar-refractivity contribution in [3.8, 4) is 0 Å². The van der Waals surface area contributed by atoms with Crippen LogP contribution in [-0.4, -0.2) is 42.4 Å². The molecule has 1 aliphatic rings. The molecule has 3 N–H and O–H groups in total. The van der Waals surface area contributed by atoms with E-state index in [1.54, 1.807) is 12.1 Å². The third-order valence-corrected chi connectivity index (χ3v) is 4.43. The second-order valence-corrected chi connectivity index (χ2v) is 6.79. The van der Waals surface area contributed by atoms with Gasteiger partial charge in [0.25, 0.3) is 0 Å². The van der Waals surface area contributed by atoms with Crippen LogP contribution >= 0.6 is 12.2 Å². The molecular formula is C18H20F3N5OS. The molecular weight excluding hydrogens is 391 g/mol. The number of anilines is 1. The second-order valence-electron chi connectivity index (χ2n) is 6.35. The number of furan rings is 1. The number of piperazine rings is 1. The monoisotopic (exact) mass is 411 g/mol. The lowest BCUT2D eigenvalue weighted by molar-refractivity contribution is -0.137. The molecule has 6 nitrogen and oxygen atoms in total. The van der Waals surface area contributed by atoms with Gasteiger partial charge in [0.1, 0.15) is 11.5 Å². The molecule has 1 aromatic heterocycles. The first-order chi connectivity index (χ1) is 13.3. The quantitative estimate of drug-likeness (QED) is 0.448. The van der Waals surface area contributed by atoms with Crippen molar-refractivity contribution in [2.24, 2.45) is 10.8 Å². The Morgan fingerprint density at radius 2 is 1.96 bits per heavy atom. The minimum absolute atomic E-state index is 0.0710. The van der Waals surface area contributed by atoms with Crippen molar-refractivity contribution in [2.45, 2.75) is 12.7 Å². The van der Waals surface area contributed by atoms with Gasteiger partial charge in [-0.2, -0.15) is 18.3 Å². The van der Waals surface area contributed by atoms with E-state index >= 15 is 0 Å². The molecule has 1 aromatic carbocycles. The van der Waals surface area contributed by atoms with Crippen LogP contribution in [0.15, 0.2) is 45.9 Å². The first kappa shape index (κ1) is 20.2. The normalized spacial score (nSPS) is 15.9. The van der Waals surface area contributed by atoms with Gasteiger partial charge in [0.15, 0.2) is 5.11 Å². The average molecular weight is 411 g/mol. The van der Waals surface area contributed by atoms with Gasteiger partial charge in [-0.1, -0.05) is 6.07 Å². The summed E-state index contributed by atoms with van der Waals surface area (Å²) >= 11 is 4.65. The molecule has 0 amide bonds. The number of nitrogens with one attached hydrogen (secondary N) is 1. The number of thiocarbonyl (C=S) groups is 1. The number of rotatable bonds is 5. The van der Waals surface area contributed by atoms with Gasteiger partial charge in [-0.05, 0) is 42.5 Å². The van der Waals surface area contributed by atoms with Crippen LogP contribution in [0.5, 0.6) is 0 Å². The van der Waals surface area contributed by atoms with Gasteiger partial charge in [-0.25, -0.2) is 0 Å². The zero-order valence-corrected chi connectivity index (χ0v) is 15.8. The third-order valence-electron chi connectivity index (χ3n) is 4.34. The summed E-state index contributed by atoms with van der Waals surface area (Å²) in [7, 11) is 0. The lowest BCUT2D eigenvalue weighted by Crippen LogP contribution is -2.46. The molecule has 0 spiro atoms. The van der Waals surface area contributed by atoms with Gasteiger partial charge in [0, 0.05) is 31.9 Å². The summed E-state index contributed by atoms with van der Waals surface area (Å²) in [5.41, 5.74) is 7.70. The van der Waals surface area contributed by atoms with Crippen LogP contribution in [0.25, 0.3) is 0 Å². The van der Waals surface area contributed by atoms with Gasteiger partial charge in [0.2, 0.25) is 0 Å². The summed E-state index contributed by atoms with van der Waals surface area (Å²) in [4.78, 5) is 4.16. The van der Waals surface area contributed by atoms with E-state index < -0.39 is 11.7 Å². The number of nitrogens with zero attached hydrogens (tertiary/aromatic N) is 3. The Labute approximate surface area is 165 Å². The maximum absolute atomic E-state index is 12.9. The minimum Gasteiger partial charge on any atom is -0.459 e. The van der Waals surface area contributed by atoms with Crippen LogP contribution in [0, 0.1) is 0 Å². The molecule has 0 bridgehead atoms. The highest BCUT2D eigenvalue weighted by Gasteiger charge is 2.31. The molecule has 150 valence electrons. The number of hydrogen-bond acceptors (Lipinski definition) is 5. The summed E-state index contributed by atoms with van der Waals surface area (Å²) in [6, 6.07) is 9.11. The molecule has 28 heavy (non-hydrogen) atoms. The average Bonchev–Trinajstić information content (AvgIpc) is 3.09. The van der Waals surface area contributed by atoms with Gasteiger partial charge >= 0.3 is 6.18 Å². The SMILES string of the molecule is NC(=S)N/N=C/c1ccc(CN2CCN(c3cccc(C(F)(F)F)c3)CC2)o1. The summed E-state index contributed by atoms with van der Waals surface area (Å²) < 4.78 is 44.4. The lowest BCUT2D eigenvalue weighted by atomic mass is 10.1. The lowest BCUT2D eigenvalue weighted by Gasteiger charge is -2.35. The number of nitrogens with two attached hydrogens (primary N) is 1. The highest BCUT2D eigenvalue weighted by atomic mass is 32.1. The molecule has 1 saturated heterocycles. The third kappa shape index (κ3) is 5.46.